The average Bonchev–Trinajstić information content (AvgIpc) is 3.29. The molecule has 1 aliphatic carbocycles. The number of rotatable bonds is 4. The molecule has 2 aromatic rings. The molecule has 0 atom stereocenters. The van der Waals surface area contributed by atoms with Gasteiger partial charge in [0.15, 0.2) is 0 Å². The Morgan fingerprint density at radius 3 is 2.76 bits per heavy atom. The molecule has 4 nitrogen and oxygen atoms in total. The molecule has 1 amide bonds. The molecule has 0 radical (unpaired) electrons. The molecule has 21 heavy (non-hydrogen) atoms. The first-order valence-electron chi connectivity index (χ1n) is 6.90. The number of nitrogens with zero attached hydrogens (tertiary/aromatic N) is 2. The van der Waals surface area contributed by atoms with Gasteiger partial charge in [0.05, 0.1) is 12.2 Å². The number of halogens is 1. The van der Waals surface area contributed by atoms with Gasteiger partial charge in [-0.2, -0.15) is 0 Å². The topological polar surface area (TPSA) is 59.2 Å². The molecular formula is C16H16FN3O. The summed E-state index contributed by atoms with van der Waals surface area (Å²) in [6.45, 7) is 0.431. The van der Waals surface area contributed by atoms with Crippen molar-refractivity contribution in [2.24, 2.45) is 0 Å². The molecule has 2 N–H and O–H groups in total. The van der Waals surface area contributed by atoms with E-state index in [9.17, 15) is 9.18 Å². The molecule has 1 heterocycles. The lowest BCUT2D eigenvalue weighted by Crippen LogP contribution is -2.33. The summed E-state index contributed by atoms with van der Waals surface area (Å²) in [5, 5.41) is 0. The lowest BCUT2D eigenvalue weighted by Gasteiger charge is -2.22. The Bertz CT molecular complexity index is 636. The molecule has 0 unspecified atom stereocenters. The number of aromatic nitrogens is 1. The summed E-state index contributed by atoms with van der Waals surface area (Å²) in [4.78, 5) is 18.6. The molecule has 3 rings (SSSR count). The number of carbonyl (C=O) groups excluding carboxylic acids is 1. The highest BCUT2D eigenvalue weighted by Crippen LogP contribution is 2.30. The Morgan fingerprint density at radius 2 is 2.14 bits per heavy atom. The number of hydrogen-bond donors (Lipinski definition) is 1. The summed E-state index contributed by atoms with van der Waals surface area (Å²) < 4.78 is 13.4. The summed E-state index contributed by atoms with van der Waals surface area (Å²) in [5.74, 6) is -0.693. The smallest absolute Gasteiger partial charge is 0.254 e. The van der Waals surface area contributed by atoms with Crippen molar-refractivity contribution in [1.29, 1.82) is 0 Å². The Labute approximate surface area is 122 Å². The van der Waals surface area contributed by atoms with Crippen molar-refractivity contribution in [1.82, 2.24) is 9.88 Å². The Kier molecular flexibility index (Phi) is 3.56. The second kappa shape index (κ2) is 5.52. The van der Waals surface area contributed by atoms with E-state index in [1.807, 2.05) is 18.2 Å². The van der Waals surface area contributed by atoms with Crippen LogP contribution in [0, 0.1) is 5.82 Å². The number of pyridine rings is 1. The first kappa shape index (κ1) is 13.5. The van der Waals surface area contributed by atoms with Crippen LogP contribution in [0.15, 0.2) is 42.6 Å². The molecule has 0 saturated heterocycles. The Balaban J connectivity index is 1.85. The van der Waals surface area contributed by atoms with Crippen molar-refractivity contribution in [2.45, 2.75) is 25.4 Å². The SMILES string of the molecule is Nc1cc(F)cc(C(=O)N(Cc2ccccn2)C2CC2)c1. The van der Waals surface area contributed by atoms with Crippen LogP contribution >= 0.6 is 0 Å². The Hall–Kier alpha value is -2.43. The summed E-state index contributed by atoms with van der Waals surface area (Å²) in [5.41, 5.74) is 6.98. The minimum Gasteiger partial charge on any atom is -0.399 e. The third-order valence-electron chi connectivity index (χ3n) is 3.47. The zero-order chi connectivity index (χ0) is 14.8. The summed E-state index contributed by atoms with van der Waals surface area (Å²) >= 11 is 0. The molecule has 1 fully saturated rings. The number of nitrogen functional groups attached to an aromatic ring is 1. The predicted octanol–water partition coefficient (Wildman–Crippen LogP) is 2.61. The fourth-order valence-corrected chi connectivity index (χ4v) is 2.32. The van der Waals surface area contributed by atoms with E-state index < -0.39 is 5.82 Å². The van der Waals surface area contributed by atoms with E-state index >= 15 is 0 Å². The molecule has 1 aromatic carbocycles. The van der Waals surface area contributed by atoms with Gasteiger partial charge in [-0.25, -0.2) is 4.39 Å². The fraction of sp³-hybridized carbons (Fsp3) is 0.250. The zero-order valence-corrected chi connectivity index (χ0v) is 11.5. The quantitative estimate of drug-likeness (QED) is 0.878. The van der Waals surface area contributed by atoms with E-state index in [1.54, 1.807) is 11.1 Å². The zero-order valence-electron chi connectivity index (χ0n) is 11.5. The number of carbonyl (C=O) groups is 1. The van der Waals surface area contributed by atoms with Crippen LogP contribution in [-0.4, -0.2) is 21.8 Å². The first-order chi connectivity index (χ1) is 10.1. The average molecular weight is 285 g/mol. The number of amides is 1. The Morgan fingerprint density at radius 1 is 1.33 bits per heavy atom. The predicted molar refractivity (Wildman–Crippen MR) is 77.9 cm³/mol. The molecule has 0 spiro atoms. The van der Waals surface area contributed by atoms with Gasteiger partial charge in [0.25, 0.3) is 5.91 Å². The van der Waals surface area contributed by atoms with Gasteiger partial charge < -0.3 is 10.6 Å². The largest absolute Gasteiger partial charge is 0.399 e. The number of anilines is 1. The second-order valence-electron chi connectivity index (χ2n) is 5.26. The van der Waals surface area contributed by atoms with Crippen LogP contribution in [0.5, 0.6) is 0 Å². The van der Waals surface area contributed by atoms with E-state index in [0.717, 1.165) is 18.5 Å². The second-order valence-corrected chi connectivity index (χ2v) is 5.26. The van der Waals surface area contributed by atoms with Crippen molar-refractivity contribution in [3.8, 4) is 0 Å². The molecule has 0 bridgehead atoms. The minimum atomic E-state index is -0.494. The molecule has 0 aliphatic heterocycles. The van der Waals surface area contributed by atoms with Crippen LogP contribution in [-0.2, 0) is 6.54 Å². The van der Waals surface area contributed by atoms with Crippen LogP contribution in [0.4, 0.5) is 10.1 Å². The van der Waals surface area contributed by atoms with Gasteiger partial charge in [-0.15, -0.1) is 0 Å². The molecule has 1 saturated carbocycles. The van der Waals surface area contributed by atoms with Gasteiger partial charge in [-0.1, -0.05) is 6.07 Å². The van der Waals surface area contributed by atoms with Gasteiger partial charge in [0, 0.05) is 23.5 Å². The van der Waals surface area contributed by atoms with Crippen LogP contribution in [0.3, 0.4) is 0 Å². The van der Waals surface area contributed by atoms with Crippen LogP contribution in [0.1, 0.15) is 28.9 Å². The summed E-state index contributed by atoms with van der Waals surface area (Å²) in [7, 11) is 0. The lowest BCUT2D eigenvalue weighted by molar-refractivity contribution is 0.0727. The van der Waals surface area contributed by atoms with Gasteiger partial charge in [-0.05, 0) is 43.2 Å². The van der Waals surface area contributed by atoms with E-state index in [2.05, 4.69) is 4.98 Å². The number of nitrogens with two attached hydrogens (primary N) is 1. The lowest BCUT2D eigenvalue weighted by atomic mass is 10.1. The van der Waals surface area contributed by atoms with Crippen molar-refractivity contribution in [3.63, 3.8) is 0 Å². The van der Waals surface area contributed by atoms with Gasteiger partial charge in [0.1, 0.15) is 5.82 Å². The van der Waals surface area contributed by atoms with E-state index in [-0.39, 0.29) is 23.2 Å². The summed E-state index contributed by atoms with van der Waals surface area (Å²) in [6, 6.07) is 9.76. The maximum Gasteiger partial charge on any atom is 0.254 e. The third kappa shape index (κ3) is 3.18. The molecule has 1 aromatic heterocycles. The standard InChI is InChI=1S/C16H16FN3O/c17-12-7-11(8-13(18)9-12)16(21)20(15-4-5-15)10-14-3-1-2-6-19-14/h1-3,6-9,15H,4-5,10,18H2. The van der Waals surface area contributed by atoms with Crippen molar-refractivity contribution in [3.05, 3.63) is 59.7 Å². The molecular weight excluding hydrogens is 269 g/mol. The summed E-state index contributed by atoms with van der Waals surface area (Å²) in [6.07, 6.45) is 3.65. The van der Waals surface area contributed by atoms with E-state index in [4.69, 9.17) is 5.73 Å². The van der Waals surface area contributed by atoms with E-state index in [1.165, 1.54) is 18.2 Å². The fourth-order valence-electron chi connectivity index (χ4n) is 2.32. The van der Waals surface area contributed by atoms with Crippen LogP contribution in [0.25, 0.3) is 0 Å². The van der Waals surface area contributed by atoms with Crippen molar-refractivity contribution in [2.75, 3.05) is 5.73 Å². The van der Waals surface area contributed by atoms with Crippen molar-refractivity contribution < 1.29 is 9.18 Å². The normalized spacial score (nSPS) is 14.0. The third-order valence-corrected chi connectivity index (χ3v) is 3.47. The minimum absolute atomic E-state index is 0.200. The maximum absolute atomic E-state index is 13.4. The highest BCUT2D eigenvalue weighted by Gasteiger charge is 2.33. The first-order valence-corrected chi connectivity index (χ1v) is 6.90. The highest BCUT2D eigenvalue weighted by atomic mass is 19.1. The van der Waals surface area contributed by atoms with Gasteiger partial charge in [0.2, 0.25) is 0 Å². The van der Waals surface area contributed by atoms with E-state index in [0.29, 0.717) is 6.54 Å². The number of hydrogen-bond acceptors (Lipinski definition) is 3. The van der Waals surface area contributed by atoms with Crippen LogP contribution < -0.4 is 5.73 Å². The molecule has 5 heteroatoms. The van der Waals surface area contributed by atoms with Gasteiger partial charge in [-0.3, -0.25) is 9.78 Å². The van der Waals surface area contributed by atoms with Gasteiger partial charge >= 0.3 is 0 Å². The highest BCUT2D eigenvalue weighted by molar-refractivity contribution is 5.95. The molecule has 1 aliphatic rings. The van der Waals surface area contributed by atoms with Crippen LogP contribution in [0.2, 0.25) is 0 Å². The maximum atomic E-state index is 13.4. The number of benzene rings is 1. The van der Waals surface area contributed by atoms with Crippen molar-refractivity contribution >= 4 is 11.6 Å². The monoisotopic (exact) mass is 285 g/mol. The molecule has 108 valence electrons.